The van der Waals surface area contributed by atoms with Crippen LogP contribution in [0.2, 0.25) is 0 Å². The van der Waals surface area contributed by atoms with Crippen LogP contribution in [-0.2, 0) is 14.8 Å². The number of hydrogen-bond acceptors (Lipinski definition) is 3. The molecule has 1 heterocycles. The monoisotopic (exact) mass is 239 g/mol. The zero-order valence-corrected chi connectivity index (χ0v) is 9.97. The molecule has 1 unspecified atom stereocenters. The van der Waals surface area contributed by atoms with E-state index in [1.807, 2.05) is 30.7 Å². The van der Waals surface area contributed by atoms with Crippen LogP contribution in [0.5, 0.6) is 0 Å². The molecule has 1 aliphatic heterocycles. The quantitative estimate of drug-likeness (QED) is 0.800. The van der Waals surface area contributed by atoms with Gasteiger partial charge >= 0.3 is 0 Å². The van der Waals surface area contributed by atoms with E-state index in [-0.39, 0.29) is 6.42 Å². The molecule has 0 radical (unpaired) electrons. The zero-order valence-electron chi connectivity index (χ0n) is 9.15. The lowest BCUT2D eigenvalue weighted by Gasteiger charge is -2.09. The maximum atomic E-state index is 11.6. The minimum absolute atomic E-state index is 0.0187. The summed E-state index contributed by atoms with van der Waals surface area (Å²) in [7, 11) is -3.52. The van der Waals surface area contributed by atoms with E-state index in [0.717, 1.165) is 11.1 Å². The van der Waals surface area contributed by atoms with Gasteiger partial charge in [-0.3, -0.25) is 9.52 Å². The molecular formula is C11H13NO3S. The Labute approximate surface area is 94.7 Å². The third-order valence-corrected chi connectivity index (χ3v) is 4.60. The molecule has 16 heavy (non-hydrogen) atoms. The van der Waals surface area contributed by atoms with Crippen LogP contribution in [0.1, 0.15) is 28.4 Å². The lowest BCUT2D eigenvalue weighted by Crippen LogP contribution is -2.21. The summed E-state index contributed by atoms with van der Waals surface area (Å²) in [6, 6.07) is 5.48. The standard InChI is InChI=1S/C11H13NO3S/c1-7-3-4-9(5-8(7)2)10-6-11(13)12-16(10,14)15/h3-5,10H,6H2,1-2H3,(H,12,13). The maximum absolute atomic E-state index is 11.6. The van der Waals surface area contributed by atoms with E-state index in [4.69, 9.17) is 0 Å². The summed E-state index contributed by atoms with van der Waals surface area (Å²) >= 11 is 0. The van der Waals surface area contributed by atoms with Gasteiger partial charge in [0.25, 0.3) is 0 Å². The molecule has 0 saturated carbocycles. The number of carbonyl (C=O) groups is 1. The number of carbonyl (C=O) groups excluding carboxylic acids is 1. The lowest BCUT2D eigenvalue weighted by atomic mass is 10.0. The summed E-state index contributed by atoms with van der Waals surface area (Å²) in [6.45, 7) is 3.89. The van der Waals surface area contributed by atoms with Crippen molar-refractivity contribution in [3.05, 3.63) is 34.9 Å². The zero-order chi connectivity index (χ0) is 11.9. The molecule has 2 rings (SSSR count). The highest BCUT2D eigenvalue weighted by Crippen LogP contribution is 2.30. The predicted octanol–water partition coefficient (Wildman–Crippen LogP) is 1.19. The second-order valence-electron chi connectivity index (χ2n) is 4.11. The summed E-state index contributed by atoms with van der Waals surface area (Å²) in [4.78, 5) is 11.1. The fourth-order valence-electron chi connectivity index (χ4n) is 1.81. The Bertz CT molecular complexity index is 548. The van der Waals surface area contributed by atoms with Gasteiger partial charge in [0.15, 0.2) is 0 Å². The van der Waals surface area contributed by atoms with E-state index in [1.54, 1.807) is 6.07 Å². The number of sulfonamides is 1. The van der Waals surface area contributed by atoms with Gasteiger partial charge in [-0.1, -0.05) is 18.2 Å². The summed E-state index contributed by atoms with van der Waals surface area (Å²) in [6.07, 6.45) is 0.0187. The molecule has 5 heteroatoms. The van der Waals surface area contributed by atoms with Crippen molar-refractivity contribution in [3.8, 4) is 0 Å². The molecule has 0 bridgehead atoms. The SMILES string of the molecule is Cc1ccc(C2CC(=O)NS2(=O)=O)cc1C. The Hall–Kier alpha value is -1.36. The molecule has 0 spiro atoms. The molecule has 1 aromatic carbocycles. The molecule has 1 N–H and O–H groups in total. The molecular weight excluding hydrogens is 226 g/mol. The number of benzene rings is 1. The Morgan fingerprint density at radius 1 is 1.25 bits per heavy atom. The molecule has 0 aliphatic carbocycles. The average molecular weight is 239 g/mol. The lowest BCUT2D eigenvalue weighted by molar-refractivity contribution is -0.118. The van der Waals surface area contributed by atoms with Gasteiger partial charge in [-0.15, -0.1) is 0 Å². The van der Waals surface area contributed by atoms with E-state index >= 15 is 0 Å². The minimum atomic E-state index is -3.52. The van der Waals surface area contributed by atoms with E-state index in [2.05, 4.69) is 0 Å². The highest BCUT2D eigenvalue weighted by molar-refractivity contribution is 7.90. The minimum Gasteiger partial charge on any atom is -0.274 e. The summed E-state index contributed by atoms with van der Waals surface area (Å²) in [5.41, 5.74) is 2.83. The number of aryl methyl sites for hydroxylation is 2. The van der Waals surface area contributed by atoms with Crippen molar-refractivity contribution in [2.24, 2.45) is 0 Å². The molecule has 1 atom stereocenters. The fraction of sp³-hybridized carbons (Fsp3) is 0.364. The van der Waals surface area contributed by atoms with Gasteiger partial charge in [0.1, 0.15) is 5.25 Å². The van der Waals surface area contributed by atoms with Crippen molar-refractivity contribution in [2.45, 2.75) is 25.5 Å². The van der Waals surface area contributed by atoms with Crippen LogP contribution in [0.25, 0.3) is 0 Å². The van der Waals surface area contributed by atoms with Crippen LogP contribution in [0.4, 0.5) is 0 Å². The highest BCUT2D eigenvalue weighted by atomic mass is 32.2. The Morgan fingerprint density at radius 2 is 1.94 bits per heavy atom. The van der Waals surface area contributed by atoms with Crippen molar-refractivity contribution in [3.63, 3.8) is 0 Å². The number of amides is 1. The highest BCUT2D eigenvalue weighted by Gasteiger charge is 2.37. The second-order valence-corrected chi connectivity index (χ2v) is 5.97. The van der Waals surface area contributed by atoms with Gasteiger partial charge in [0, 0.05) is 0 Å². The maximum Gasteiger partial charge on any atom is 0.242 e. The fourth-order valence-corrected chi connectivity index (χ4v) is 3.23. The van der Waals surface area contributed by atoms with Gasteiger partial charge in [-0.05, 0) is 30.5 Å². The molecule has 86 valence electrons. The van der Waals surface area contributed by atoms with Gasteiger partial charge in [0.05, 0.1) is 6.42 Å². The normalized spacial score (nSPS) is 23.1. The molecule has 1 aromatic rings. The van der Waals surface area contributed by atoms with Crippen molar-refractivity contribution in [1.29, 1.82) is 0 Å². The third kappa shape index (κ3) is 1.82. The Kier molecular flexibility index (Phi) is 2.50. The average Bonchev–Trinajstić information content (AvgIpc) is 2.44. The molecule has 0 aromatic heterocycles. The van der Waals surface area contributed by atoms with Crippen LogP contribution < -0.4 is 4.72 Å². The molecule has 1 saturated heterocycles. The Balaban J connectivity index is 2.45. The van der Waals surface area contributed by atoms with Gasteiger partial charge in [-0.25, -0.2) is 8.42 Å². The van der Waals surface area contributed by atoms with E-state index in [1.165, 1.54) is 0 Å². The number of rotatable bonds is 1. The first kappa shape index (κ1) is 11.1. The summed E-state index contributed by atoms with van der Waals surface area (Å²) in [5.74, 6) is -0.428. The second kappa shape index (κ2) is 3.59. The first-order chi connectivity index (χ1) is 7.40. The van der Waals surface area contributed by atoms with E-state index in [0.29, 0.717) is 5.56 Å². The van der Waals surface area contributed by atoms with E-state index < -0.39 is 21.2 Å². The van der Waals surface area contributed by atoms with E-state index in [9.17, 15) is 13.2 Å². The largest absolute Gasteiger partial charge is 0.274 e. The van der Waals surface area contributed by atoms with Crippen LogP contribution in [-0.4, -0.2) is 14.3 Å². The van der Waals surface area contributed by atoms with Crippen molar-refractivity contribution < 1.29 is 13.2 Å². The summed E-state index contributed by atoms with van der Waals surface area (Å²) < 4.78 is 25.3. The van der Waals surface area contributed by atoms with Gasteiger partial charge < -0.3 is 0 Å². The van der Waals surface area contributed by atoms with Crippen LogP contribution >= 0.6 is 0 Å². The molecule has 1 amide bonds. The van der Waals surface area contributed by atoms with Crippen molar-refractivity contribution in [2.75, 3.05) is 0 Å². The number of hydrogen-bond donors (Lipinski definition) is 1. The van der Waals surface area contributed by atoms with Crippen molar-refractivity contribution in [1.82, 2.24) is 4.72 Å². The molecule has 4 nitrogen and oxygen atoms in total. The number of nitrogens with one attached hydrogen (secondary N) is 1. The molecule has 1 fully saturated rings. The predicted molar refractivity (Wildman–Crippen MR) is 60.3 cm³/mol. The first-order valence-electron chi connectivity index (χ1n) is 5.02. The van der Waals surface area contributed by atoms with Crippen molar-refractivity contribution >= 4 is 15.9 Å². The van der Waals surface area contributed by atoms with Crippen LogP contribution in [0.3, 0.4) is 0 Å². The smallest absolute Gasteiger partial charge is 0.242 e. The van der Waals surface area contributed by atoms with Gasteiger partial charge in [0.2, 0.25) is 15.9 Å². The van der Waals surface area contributed by atoms with Crippen LogP contribution in [0, 0.1) is 13.8 Å². The topological polar surface area (TPSA) is 63.2 Å². The molecule has 1 aliphatic rings. The Morgan fingerprint density at radius 3 is 2.44 bits per heavy atom. The first-order valence-corrected chi connectivity index (χ1v) is 6.56. The van der Waals surface area contributed by atoms with Gasteiger partial charge in [-0.2, -0.15) is 0 Å². The summed E-state index contributed by atoms with van der Waals surface area (Å²) in [5, 5.41) is -0.737. The van der Waals surface area contributed by atoms with Crippen LogP contribution in [0.15, 0.2) is 18.2 Å². The third-order valence-electron chi connectivity index (χ3n) is 2.90.